The smallest absolute Gasteiger partial charge is 0.282 e. The lowest BCUT2D eigenvalue weighted by Crippen LogP contribution is -1.99. The minimum absolute atomic E-state index is 0.0719. The van der Waals surface area contributed by atoms with E-state index in [0.717, 1.165) is 12.4 Å². The first-order chi connectivity index (χ1) is 5.00. The maximum atomic E-state index is 10.4. The summed E-state index contributed by atoms with van der Waals surface area (Å²) >= 11 is 5.26. The second-order valence-electron chi connectivity index (χ2n) is 1.66. The zero-order valence-electron chi connectivity index (χ0n) is 5.10. The molecule has 0 radical (unpaired) electrons. The molecule has 1 heterocycles. The highest BCUT2D eigenvalue weighted by molar-refractivity contribution is 7.85. The van der Waals surface area contributed by atoms with Gasteiger partial charge >= 0.3 is 0 Å². The van der Waals surface area contributed by atoms with Crippen LogP contribution in [0.15, 0.2) is 17.3 Å². The molecule has 0 saturated heterocycles. The molecule has 11 heavy (non-hydrogen) atoms. The Balaban J connectivity index is 3.20. The van der Waals surface area contributed by atoms with Crippen LogP contribution in [0.3, 0.4) is 0 Å². The van der Waals surface area contributed by atoms with E-state index in [2.05, 4.69) is 9.97 Å². The molecule has 1 aromatic heterocycles. The monoisotopic (exact) mass is 194 g/mol. The molecule has 5 nitrogen and oxygen atoms in total. The van der Waals surface area contributed by atoms with Gasteiger partial charge in [0, 0.05) is 0 Å². The topological polar surface area (TPSA) is 80.2 Å². The van der Waals surface area contributed by atoms with Crippen LogP contribution in [0, 0.1) is 0 Å². The van der Waals surface area contributed by atoms with Crippen molar-refractivity contribution in [2.45, 2.75) is 4.90 Å². The predicted octanol–water partition coefficient (Wildman–Crippen LogP) is 0.377. The van der Waals surface area contributed by atoms with Crippen molar-refractivity contribution in [3.8, 4) is 0 Å². The van der Waals surface area contributed by atoms with Crippen LogP contribution < -0.4 is 0 Å². The summed E-state index contributed by atoms with van der Waals surface area (Å²) in [5, 5.41) is -0.0719. The van der Waals surface area contributed by atoms with Gasteiger partial charge in [-0.2, -0.15) is 8.42 Å². The summed E-state index contributed by atoms with van der Waals surface area (Å²) in [4.78, 5) is 6.35. The zero-order valence-corrected chi connectivity index (χ0v) is 6.67. The molecule has 0 aromatic carbocycles. The average Bonchev–Trinajstić information content (AvgIpc) is 1.86. The molecule has 1 rings (SSSR count). The third kappa shape index (κ3) is 2.11. The Hall–Kier alpha value is -0.720. The van der Waals surface area contributed by atoms with Crippen LogP contribution in [0.4, 0.5) is 0 Å². The van der Waals surface area contributed by atoms with Gasteiger partial charge in [0.15, 0.2) is 0 Å². The highest BCUT2D eigenvalue weighted by Gasteiger charge is 2.09. The summed E-state index contributed by atoms with van der Waals surface area (Å²) in [7, 11) is -4.20. The summed E-state index contributed by atoms with van der Waals surface area (Å²) in [6, 6.07) is 0. The predicted molar refractivity (Wildman–Crippen MR) is 36.9 cm³/mol. The first-order valence-electron chi connectivity index (χ1n) is 2.45. The van der Waals surface area contributed by atoms with Gasteiger partial charge in [0.05, 0.1) is 12.4 Å². The molecule has 1 aromatic rings. The standard InChI is InChI=1S/C4H3ClN2O3S/c5-4-6-1-3(2-7-4)11(8,9)10/h1-2H,(H,8,9,10). The molecule has 0 saturated carbocycles. The van der Waals surface area contributed by atoms with Gasteiger partial charge in [0.25, 0.3) is 10.1 Å². The lowest BCUT2D eigenvalue weighted by atomic mass is 10.7. The van der Waals surface area contributed by atoms with Crippen molar-refractivity contribution in [3.63, 3.8) is 0 Å². The summed E-state index contributed by atoms with van der Waals surface area (Å²) in [5.74, 6) is 0. The molecule has 0 aliphatic carbocycles. The molecule has 0 spiro atoms. The van der Waals surface area contributed by atoms with Crippen molar-refractivity contribution in [1.29, 1.82) is 0 Å². The molecule has 0 unspecified atom stereocenters. The van der Waals surface area contributed by atoms with E-state index < -0.39 is 10.1 Å². The van der Waals surface area contributed by atoms with Crippen LogP contribution in [-0.4, -0.2) is 22.9 Å². The lowest BCUT2D eigenvalue weighted by Gasteiger charge is -1.92. The Kier molecular flexibility index (Phi) is 2.08. The van der Waals surface area contributed by atoms with E-state index in [1.807, 2.05) is 0 Å². The summed E-state index contributed by atoms with van der Waals surface area (Å²) < 4.78 is 29.2. The molecule has 0 atom stereocenters. The maximum Gasteiger partial charge on any atom is 0.297 e. The van der Waals surface area contributed by atoms with E-state index >= 15 is 0 Å². The van der Waals surface area contributed by atoms with E-state index in [0.29, 0.717) is 0 Å². The number of aromatic nitrogens is 2. The second kappa shape index (κ2) is 2.72. The van der Waals surface area contributed by atoms with Crippen molar-refractivity contribution >= 4 is 21.7 Å². The third-order valence-electron chi connectivity index (χ3n) is 0.894. The maximum absolute atomic E-state index is 10.4. The fourth-order valence-electron chi connectivity index (χ4n) is 0.434. The van der Waals surface area contributed by atoms with Crippen molar-refractivity contribution in [2.75, 3.05) is 0 Å². The van der Waals surface area contributed by atoms with Crippen LogP contribution in [0.2, 0.25) is 5.28 Å². The highest BCUT2D eigenvalue weighted by atomic mass is 35.5. The normalized spacial score (nSPS) is 11.5. The molecule has 7 heteroatoms. The Bertz CT molecular complexity index is 346. The number of nitrogens with zero attached hydrogens (tertiary/aromatic N) is 2. The Labute approximate surface area is 67.8 Å². The van der Waals surface area contributed by atoms with Gasteiger partial charge in [-0.3, -0.25) is 4.55 Å². The van der Waals surface area contributed by atoms with Crippen LogP contribution >= 0.6 is 11.6 Å². The molecule has 60 valence electrons. The van der Waals surface area contributed by atoms with E-state index in [1.165, 1.54) is 0 Å². The van der Waals surface area contributed by atoms with E-state index in [-0.39, 0.29) is 10.2 Å². The van der Waals surface area contributed by atoms with Crippen LogP contribution in [0.1, 0.15) is 0 Å². The Morgan fingerprint density at radius 3 is 2.18 bits per heavy atom. The molecular formula is C4H3ClN2O3S. The molecule has 0 aliphatic heterocycles. The lowest BCUT2D eigenvalue weighted by molar-refractivity contribution is 0.482. The third-order valence-corrected chi connectivity index (χ3v) is 1.90. The van der Waals surface area contributed by atoms with Crippen LogP contribution in [0.5, 0.6) is 0 Å². The van der Waals surface area contributed by atoms with Gasteiger partial charge < -0.3 is 0 Å². The fourth-order valence-corrected chi connectivity index (χ4v) is 0.903. The van der Waals surface area contributed by atoms with Crippen LogP contribution in [0.25, 0.3) is 0 Å². The largest absolute Gasteiger partial charge is 0.297 e. The minimum Gasteiger partial charge on any atom is -0.282 e. The van der Waals surface area contributed by atoms with Crippen molar-refractivity contribution in [3.05, 3.63) is 17.7 Å². The average molecular weight is 195 g/mol. The van der Waals surface area contributed by atoms with Crippen molar-refractivity contribution < 1.29 is 13.0 Å². The van der Waals surface area contributed by atoms with Crippen molar-refractivity contribution in [2.24, 2.45) is 0 Å². The van der Waals surface area contributed by atoms with Gasteiger partial charge in [0.1, 0.15) is 4.90 Å². The molecule has 0 fully saturated rings. The molecular weight excluding hydrogens is 192 g/mol. The van der Waals surface area contributed by atoms with Gasteiger partial charge in [-0.15, -0.1) is 0 Å². The van der Waals surface area contributed by atoms with E-state index in [9.17, 15) is 8.42 Å². The fraction of sp³-hybridized carbons (Fsp3) is 0. The van der Waals surface area contributed by atoms with Crippen molar-refractivity contribution in [1.82, 2.24) is 9.97 Å². The molecule has 0 bridgehead atoms. The van der Waals surface area contributed by atoms with Gasteiger partial charge in [0.2, 0.25) is 5.28 Å². The summed E-state index contributed by atoms with van der Waals surface area (Å²) in [6.45, 7) is 0. The SMILES string of the molecule is O=S(=O)(O)c1cnc(Cl)nc1. The Morgan fingerprint density at radius 1 is 1.36 bits per heavy atom. The summed E-state index contributed by atoms with van der Waals surface area (Å²) in [6.07, 6.45) is 1.84. The number of halogens is 1. The van der Waals surface area contributed by atoms with E-state index in [4.69, 9.17) is 16.2 Å². The van der Waals surface area contributed by atoms with Gasteiger partial charge in [-0.1, -0.05) is 0 Å². The van der Waals surface area contributed by atoms with Gasteiger partial charge in [-0.05, 0) is 11.6 Å². The Morgan fingerprint density at radius 2 is 1.82 bits per heavy atom. The van der Waals surface area contributed by atoms with Crippen LogP contribution in [-0.2, 0) is 10.1 Å². The van der Waals surface area contributed by atoms with E-state index in [1.54, 1.807) is 0 Å². The number of hydrogen-bond donors (Lipinski definition) is 1. The second-order valence-corrected chi connectivity index (χ2v) is 3.42. The zero-order chi connectivity index (χ0) is 8.48. The summed E-state index contributed by atoms with van der Waals surface area (Å²) in [5.41, 5.74) is 0. The first-order valence-corrected chi connectivity index (χ1v) is 4.27. The quantitative estimate of drug-likeness (QED) is 0.516. The highest BCUT2D eigenvalue weighted by Crippen LogP contribution is 2.05. The number of rotatable bonds is 1. The van der Waals surface area contributed by atoms with Gasteiger partial charge in [-0.25, -0.2) is 9.97 Å². The molecule has 1 N–H and O–H groups in total. The molecule has 0 aliphatic rings. The minimum atomic E-state index is -4.20. The first kappa shape index (κ1) is 8.38. The molecule has 0 amide bonds. The number of hydrogen-bond acceptors (Lipinski definition) is 4.